The summed E-state index contributed by atoms with van der Waals surface area (Å²) in [4.78, 5) is 16.6. The van der Waals surface area contributed by atoms with Gasteiger partial charge in [-0.25, -0.2) is 4.79 Å². The van der Waals surface area contributed by atoms with E-state index in [4.69, 9.17) is 4.84 Å². The Morgan fingerprint density at radius 1 is 1.25 bits per heavy atom. The number of para-hydroxylation sites is 1. The minimum atomic E-state index is -5.87. The van der Waals surface area contributed by atoms with Gasteiger partial charge in [0, 0.05) is 0 Å². The zero-order valence-electron chi connectivity index (χ0n) is 12.3. The number of alkyl halides is 3. The Morgan fingerprint density at radius 2 is 1.88 bits per heavy atom. The molecule has 0 amide bonds. The molecule has 6 nitrogen and oxygen atoms in total. The third-order valence-electron chi connectivity index (χ3n) is 3.13. The average molecular weight is 363 g/mol. The second-order valence-corrected chi connectivity index (χ2v) is 6.29. The fourth-order valence-corrected chi connectivity index (χ4v) is 2.39. The van der Waals surface area contributed by atoms with Crippen LogP contribution in [0.2, 0.25) is 0 Å². The molecule has 0 spiro atoms. The number of carbonyl (C=O) groups excluding carboxylic acids is 1. The highest BCUT2D eigenvalue weighted by Crippen LogP contribution is 2.31. The molecule has 1 heterocycles. The molecular formula is C14H12F3NO5S. The maximum absolute atomic E-state index is 12.4. The minimum absolute atomic E-state index is 0.0933. The highest BCUT2D eigenvalue weighted by atomic mass is 32.2. The van der Waals surface area contributed by atoms with E-state index in [0.29, 0.717) is 5.75 Å². The summed E-state index contributed by atoms with van der Waals surface area (Å²) in [5.41, 5.74) is -5.99. The lowest BCUT2D eigenvalue weighted by Gasteiger charge is -2.31. The summed E-state index contributed by atoms with van der Waals surface area (Å²) in [5, 5.41) is 1.28. The van der Waals surface area contributed by atoms with E-state index < -0.39 is 33.0 Å². The van der Waals surface area contributed by atoms with Crippen LogP contribution in [0.5, 0.6) is 5.75 Å². The highest BCUT2D eigenvalue weighted by molar-refractivity contribution is 7.87. The van der Waals surface area contributed by atoms with Gasteiger partial charge in [0.15, 0.2) is 5.76 Å². The van der Waals surface area contributed by atoms with Gasteiger partial charge in [-0.05, 0) is 25.1 Å². The summed E-state index contributed by atoms with van der Waals surface area (Å²) >= 11 is 0. The number of hydrogen-bond acceptors (Lipinski definition) is 6. The Morgan fingerprint density at radius 3 is 2.42 bits per heavy atom. The maximum atomic E-state index is 12.4. The van der Waals surface area contributed by atoms with Gasteiger partial charge in [0.2, 0.25) is 0 Å². The standard InChI is InChI=1S/C14H12F3NO5S/c1-10-12(9-19)13(23-24(20,21)14(15,16)17)7-8-18(10)22-11-5-3-2-4-6-11/h2-7,10H,8H2,1H3. The Hall–Kier alpha value is -2.29. The number of halogens is 3. The van der Waals surface area contributed by atoms with Crippen molar-refractivity contribution < 1.29 is 35.4 Å². The van der Waals surface area contributed by atoms with E-state index in [9.17, 15) is 26.4 Å². The summed E-state index contributed by atoms with van der Waals surface area (Å²) in [6.07, 6.45) is 1.01. The molecule has 0 saturated heterocycles. The molecule has 1 aliphatic rings. The Kier molecular flexibility index (Phi) is 5.02. The first-order valence-corrected chi connectivity index (χ1v) is 8.02. The number of rotatable bonds is 4. The number of hydroxylamine groups is 2. The molecule has 0 N–H and O–H groups in total. The van der Waals surface area contributed by atoms with Gasteiger partial charge in [0.05, 0.1) is 18.2 Å². The molecule has 0 saturated carbocycles. The number of benzene rings is 1. The van der Waals surface area contributed by atoms with Crippen molar-refractivity contribution in [2.45, 2.75) is 18.5 Å². The van der Waals surface area contributed by atoms with Crippen LogP contribution in [-0.2, 0) is 19.1 Å². The van der Waals surface area contributed by atoms with E-state index >= 15 is 0 Å². The highest BCUT2D eigenvalue weighted by Gasteiger charge is 2.49. The van der Waals surface area contributed by atoms with Gasteiger partial charge >= 0.3 is 15.6 Å². The minimum Gasteiger partial charge on any atom is -0.405 e. The molecule has 0 aromatic heterocycles. The molecule has 1 aromatic carbocycles. The van der Waals surface area contributed by atoms with Crippen molar-refractivity contribution in [3.8, 4) is 5.75 Å². The second kappa shape index (κ2) is 6.68. The fraction of sp³-hybridized carbons (Fsp3) is 0.286. The third-order valence-corrected chi connectivity index (χ3v) is 4.10. The van der Waals surface area contributed by atoms with Gasteiger partial charge in [-0.2, -0.15) is 21.6 Å². The maximum Gasteiger partial charge on any atom is 0.534 e. The fourth-order valence-electron chi connectivity index (χ4n) is 1.90. The van der Waals surface area contributed by atoms with E-state index in [1.54, 1.807) is 30.3 Å². The molecule has 1 unspecified atom stereocenters. The van der Waals surface area contributed by atoms with Gasteiger partial charge in [0.25, 0.3) is 0 Å². The zero-order chi connectivity index (χ0) is 18.0. The van der Waals surface area contributed by atoms with Gasteiger partial charge in [-0.1, -0.05) is 18.2 Å². The first-order chi connectivity index (χ1) is 11.2. The lowest BCUT2D eigenvalue weighted by atomic mass is 10.1. The molecule has 0 radical (unpaired) electrons. The molecule has 0 bridgehead atoms. The molecule has 2 rings (SSSR count). The largest absolute Gasteiger partial charge is 0.534 e. The Bertz CT molecular complexity index is 782. The summed E-state index contributed by atoms with van der Waals surface area (Å²) in [7, 11) is -5.87. The van der Waals surface area contributed by atoms with E-state index in [1.165, 1.54) is 17.9 Å². The summed E-state index contributed by atoms with van der Waals surface area (Å²) in [5.74, 6) is 1.15. The van der Waals surface area contributed by atoms with Crippen LogP contribution in [-0.4, -0.2) is 37.5 Å². The van der Waals surface area contributed by atoms with Crippen LogP contribution in [0.15, 0.2) is 47.7 Å². The molecule has 0 fully saturated rings. The first kappa shape index (κ1) is 18.1. The number of hydrogen-bond donors (Lipinski definition) is 0. The quantitative estimate of drug-likeness (QED) is 0.464. The van der Waals surface area contributed by atoms with Crippen LogP contribution in [0.3, 0.4) is 0 Å². The summed E-state index contributed by atoms with van der Waals surface area (Å²) < 4.78 is 63.4. The van der Waals surface area contributed by atoms with Crippen LogP contribution < -0.4 is 4.84 Å². The van der Waals surface area contributed by atoms with Crippen molar-refractivity contribution in [1.82, 2.24) is 5.06 Å². The molecule has 0 aliphatic carbocycles. The van der Waals surface area contributed by atoms with Crippen molar-refractivity contribution in [3.05, 3.63) is 47.7 Å². The van der Waals surface area contributed by atoms with Crippen LogP contribution in [0.25, 0.3) is 0 Å². The Labute approximate surface area is 135 Å². The van der Waals surface area contributed by atoms with E-state index in [0.717, 1.165) is 6.08 Å². The SMILES string of the molecule is CC1C(=C=O)C(OS(=O)(=O)C(F)(F)F)=CCN1Oc1ccccc1. The van der Waals surface area contributed by atoms with Crippen molar-refractivity contribution in [1.29, 1.82) is 0 Å². The average Bonchev–Trinajstić information content (AvgIpc) is 2.50. The lowest BCUT2D eigenvalue weighted by molar-refractivity contribution is -0.0744. The predicted molar refractivity (Wildman–Crippen MR) is 76.6 cm³/mol. The van der Waals surface area contributed by atoms with E-state index in [-0.39, 0.29) is 6.54 Å². The van der Waals surface area contributed by atoms with Crippen LogP contribution >= 0.6 is 0 Å². The molecule has 1 aliphatic heterocycles. The zero-order valence-corrected chi connectivity index (χ0v) is 13.1. The lowest BCUT2D eigenvalue weighted by Crippen LogP contribution is -2.42. The molecule has 1 aromatic rings. The molecular weight excluding hydrogens is 351 g/mol. The van der Waals surface area contributed by atoms with E-state index in [2.05, 4.69) is 4.18 Å². The van der Waals surface area contributed by atoms with E-state index in [1.807, 2.05) is 0 Å². The number of nitrogens with zero attached hydrogens (tertiary/aromatic N) is 1. The Balaban J connectivity index is 2.23. The molecule has 24 heavy (non-hydrogen) atoms. The predicted octanol–water partition coefficient (Wildman–Crippen LogP) is 2.19. The molecule has 10 heteroatoms. The van der Waals surface area contributed by atoms with Crippen molar-refractivity contribution in [2.75, 3.05) is 6.54 Å². The smallest absolute Gasteiger partial charge is 0.405 e. The van der Waals surface area contributed by atoms with Crippen molar-refractivity contribution in [2.24, 2.45) is 0 Å². The van der Waals surface area contributed by atoms with Gasteiger partial charge in [0.1, 0.15) is 11.7 Å². The van der Waals surface area contributed by atoms with Gasteiger partial charge in [-0.15, -0.1) is 5.06 Å². The second-order valence-electron chi connectivity index (χ2n) is 4.75. The summed E-state index contributed by atoms with van der Waals surface area (Å²) in [6.45, 7) is 1.35. The molecule has 1 atom stereocenters. The molecule has 130 valence electrons. The summed E-state index contributed by atoms with van der Waals surface area (Å²) in [6, 6.07) is 7.59. The monoisotopic (exact) mass is 363 g/mol. The van der Waals surface area contributed by atoms with Gasteiger partial charge in [-0.3, -0.25) is 0 Å². The van der Waals surface area contributed by atoms with Crippen LogP contribution in [0.1, 0.15) is 6.92 Å². The van der Waals surface area contributed by atoms with Crippen LogP contribution in [0, 0.1) is 0 Å². The topological polar surface area (TPSA) is 72.9 Å². The van der Waals surface area contributed by atoms with Crippen molar-refractivity contribution in [3.63, 3.8) is 0 Å². The first-order valence-electron chi connectivity index (χ1n) is 6.61. The van der Waals surface area contributed by atoms with Crippen molar-refractivity contribution >= 4 is 16.1 Å². The normalized spacial score (nSPS) is 19.4. The third kappa shape index (κ3) is 3.78. The van der Waals surface area contributed by atoms with Crippen LogP contribution in [0.4, 0.5) is 13.2 Å². The van der Waals surface area contributed by atoms with Gasteiger partial charge < -0.3 is 9.02 Å².